The molecule has 2 aliphatic heterocycles. The second-order valence-electron chi connectivity index (χ2n) is 24.0. The third-order valence-electron chi connectivity index (χ3n) is 16.6. The largest absolute Gasteiger partial charge is 0.632 e. The van der Waals surface area contributed by atoms with E-state index in [1.165, 1.54) is 144 Å². The van der Waals surface area contributed by atoms with E-state index in [-0.39, 0.29) is 16.2 Å². The van der Waals surface area contributed by atoms with Gasteiger partial charge in [-0.25, -0.2) is 0 Å². The van der Waals surface area contributed by atoms with Crippen LogP contribution in [0.15, 0.2) is 134 Å². The fourth-order valence-corrected chi connectivity index (χ4v) is 12.3. The topological polar surface area (TPSA) is 36.9 Å². The maximum Gasteiger partial charge on any atom is 0.632 e. The van der Waals surface area contributed by atoms with Gasteiger partial charge in [0.15, 0.2) is 0 Å². The van der Waals surface area contributed by atoms with E-state index in [9.17, 15) is 0 Å². The lowest BCUT2D eigenvalue weighted by molar-refractivity contribution is 0.173. The molecule has 0 unspecified atom stereocenters. The molecule has 0 spiro atoms. The van der Waals surface area contributed by atoms with Crippen molar-refractivity contribution in [2.24, 2.45) is 0 Å². The smallest absolute Gasteiger partial charge is 0.534 e. The van der Waals surface area contributed by atoms with Gasteiger partial charge < -0.3 is 18.6 Å². The molecule has 0 amide bonds. The van der Waals surface area contributed by atoms with Crippen molar-refractivity contribution in [3.05, 3.63) is 179 Å². The fraction of sp³-hybridized carbons (Fsp3) is 0.446. The number of hydrogen-bond donors (Lipinski definition) is 0. The predicted molar refractivity (Wildman–Crippen MR) is 300 cm³/mol. The van der Waals surface area contributed by atoms with Crippen molar-refractivity contribution in [3.8, 4) is 22.3 Å². The first kappa shape index (κ1) is 50.7. The molecule has 0 saturated carbocycles. The maximum atomic E-state index is 6.62. The zero-order chi connectivity index (χ0) is 50.5. The molecule has 4 nitrogen and oxygen atoms in total. The van der Waals surface area contributed by atoms with Gasteiger partial charge in [0, 0.05) is 10.9 Å². The Morgan fingerprint density at radius 3 is 1.34 bits per heavy atom. The van der Waals surface area contributed by atoms with Gasteiger partial charge in [-0.1, -0.05) is 237 Å². The zero-order valence-electron chi connectivity index (χ0n) is 45.0. The van der Waals surface area contributed by atoms with E-state index in [0.717, 1.165) is 23.8 Å². The second kappa shape index (κ2) is 19.7. The molecule has 71 heavy (non-hydrogen) atoms. The highest BCUT2D eigenvalue weighted by atomic mass is 16.7. The van der Waals surface area contributed by atoms with Gasteiger partial charge in [0.2, 0.25) is 0 Å². The van der Waals surface area contributed by atoms with E-state index < -0.39 is 25.3 Å². The van der Waals surface area contributed by atoms with E-state index in [1.807, 2.05) is 0 Å². The molecule has 2 aliphatic carbocycles. The highest BCUT2D eigenvalue weighted by molar-refractivity contribution is 6.63. The molecule has 0 N–H and O–H groups in total. The Balaban J connectivity index is 1.31. The molecule has 0 bridgehead atoms. The molecule has 0 aromatic heterocycles. The van der Waals surface area contributed by atoms with Gasteiger partial charge in [0.25, 0.3) is 0 Å². The molecule has 9 rings (SSSR count). The van der Waals surface area contributed by atoms with Gasteiger partial charge in [-0.2, -0.15) is 0 Å². The van der Waals surface area contributed by atoms with Crippen LogP contribution in [-0.4, -0.2) is 19.8 Å². The maximum absolute atomic E-state index is 6.62. The number of rotatable bonds is 18. The minimum Gasteiger partial charge on any atom is -0.534 e. The number of hydrogen-bond acceptors (Lipinski definition) is 4. The molecular formula is C65H80B2O4. The summed E-state index contributed by atoms with van der Waals surface area (Å²) in [4.78, 5) is 0. The number of unbranched alkanes of at least 4 members (excludes halogenated alkanes) is 10. The van der Waals surface area contributed by atoms with Crippen LogP contribution in [0.4, 0.5) is 0 Å². The van der Waals surface area contributed by atoms with Crippen LogP contribution in [0.2, 0.25) is 0 Å². The summed E-state index contributed by atoms with van der Waals surface area (Å²) in [5.41, 5.74) is 16.4. The Labute approximate surface area is 429 Å². The Bertz CT molecular complexity index is 2710. The predicted octanol–water partition coefficient (Wildman–Crippen LogP) is 16.2. The van der Waals surface area contributed by atoms with Gasteiger partial charge >= 0.3 is 14.2 Å². The Morgan fingerprint density at radius 2 is 0.859 bits per heavy atom. The first-order chi connectivity index (χ1) is 33.8. The van der Waals surface area contributed by atoms with Gasteiger partial charge in [-0.3, -0.25) is 0 Å². The van der Waals surface area contributed by atoms with Crippen molar-refractivity contribution in [1.82, 2.24) is 0 Å². The number of fused-ring (bicyclic) bond motifs is 6. The molecule has 0 atom stereocenters. The lowest BCUT2D eigenvalue weighted by Crippen LogP contribution is -2.36. The molecule has 6 heteroatoms. The Morgan fingerprint density at radius 1 is 0.451 bits per heavy atom. The molecule has 370 valence electrons. The lowest BCUT2D eigenvalue weighted by atomic mass is 9.65. The van der Waals surface area contributed by atoms with Crippen molar-refractivity contribution in [3.63, 3.8) is 0 Å². The summed E-state index contributed by atoms with van der Waals surface area (Å²) < 4.78 is 25.6. The van der Waals surface area contributed by atoms with Crippen molar-refractivity contribution in [1.29, 1.82) is 0 Å². The van der Waals surface area contributed by atoms with E-state index in [0.29, 0.717) is 17.3 Å². The van der Waals surface area contributed by atoms with Crippen molar-refractivity contribution in [2.75, 3.05) is 0 Å². The molecule has 2 heterocycles. The van der Waals surface area contributed by atoms with E-state index in [2.05, 4.69) is 186 Å². The van der Waals surface area contributed by atoms with E-state index in [1.54, 1.807) is 0 Å². The molecular weight excluding hydrogens is 866 g/mol. The minimum atomic E-state index is -0.670. The molecule has 5 aromatic carbocycles. The van der Waals surface area contributed by atoms with E-state index >= 15 is 0 Å². The SMILES string of the molecule is C=C1OB(c2ccc3c(c2)C(c2ccc(C(C)(C)C)cc2)(c2ccc(C(C)(C)C)cc2)c2cc4c(cc2-3)C(CCCCCCCC)(CCCCCCCC)c2cc(B3OC(=C)C(C)(C)O3)ccc2-4)OC1=C. The van der Waals surface area contributed by atoms with Gasteiger partial charge in [0.05, 0.1) is 11.2 Å². The van der Waals surface area contributed by atoms with Crippen molar-refractivity contribution in [2.45, 2.75) is 186 Å². The average Bonchev–Trinajstić information content (AvgIpc) is 4.01. The third kappa shape index (κ3) is 9.30. The van der Waals surface area contributed by atoms with Crippen LogP contribution in [0.1, 0.15) is 204 Å². The summed E-state index contributed by atoms with van der Waals surface area (Å²) in [7, 11) is -1.13. The van der Waals surface area contributed by atoms with Crippen molar-refractivity contribution < 1.29 is 18.6 Å². The van der Waals surface area contributed by atoms with Crippen LogP contribution in [0.3, 0.4) is 0 Å². The van der Waals surface area contributed by atoms with Crippen LogP contribution in [0.5, 0.6) is 0 Å². The van der Waals surface area contributed by atoms with E-state index in [4.69, 9.17) is 18.6 Å². The summed E-state index contributed by atoms with van der Waals surface area (Å²) in [5, 5.41) is 0. The van der Waals surface area contributed by atoms with Crippen LogP contribution >= 0.6 is 0 Å². The zero-order valence-corrected chi connectivity index (χ0v) is 45.0. The Hall–Kier alpha value is -5.19. The van der Waals surface area contributed by atoms with Gasteiger partial charge in [-0.15, -0.1) is 0 Å². The third-order valence-corrected chi connectivity index (χ3v) is 16.6. The van der Waals surface area contributed by atoms with Gasteiger partial charge in [0.1, 0.15) is 17.1 Å². The summed E-state index contributed by atoms with van der Waals surface area (Å²) >= 11 is 0. The summed E-state index contributed by atoms with van der Waals surface area (Å²) in [6.45, 7) is 35.1. The molecule has 4 aliphatic rings. The summed E-state index contributed by atoms with van der Waals surface area (Å²) in [5.74, 6) is 1.63. The van der Waals surface area contributed by atoms with Crippen LogP contribution in [0.25, 0.3) is 22.3 Å². The molecule has 5 aromatic rings. The van der Waals surface area contributed by atoms with Crippen LogP contribution < -0.4 is 10.9 Å². The minimum absolute atomic E-state index is 0.00303. The molecule has 0 radical (unpaired) electrons. The highest BCUT2D eigenvalue weighted by Gasteiger charge is 2.52. The lowest BCUT2D eigenvalue weighted by Gasteiger charge is -2.36. The number of benzene rings is 5. The van der Waals surface area contributed by atoms with Crippen molar-refractivity contribution >= 4 is 25.2 Å². The summed E-state index contributed by atoms with van der Waals surface area (Å²) in [6.07, 6.45) is 17.3. The summed E-state index contributed by atoms with van der Waals surface area (Å²) in [6, 6.07) is 38.4. The Kier molecular flexibility index (Phi) is 14.1. The first-order valence-corrected chi connectivity index (χ1v) is 27.3. The van der Waals surface area contributed by atoms with Crippen LogP contribution in [0, 0.1) is 0 Å². The quantitative estimate of drug-likeness (QED) is 0.0635. The standard InChI is InChI=1S/C65H80B2O4/c1-14-16-18-20-22-24-38-64(39-25-23-21-19-17-15-2)57-40-52(67-70-46(5)63(12,13)71-67)35-36-53(57)55-43-60-56(42-58(55)64)54-37-34-51(66-68-44(3)45(4)69-66)41-59(54)65(60,49-30-26-47(27-31-49)61(6,7)8)50-32-28-48(29-33-50)62(9,10)11/h26-37,40-43H,3-5,14-25,38-39H2,1-2,6-13H3. The normalized spacial score (nSPS) is 17.2. The first-order valence-electron chi connectivity index (χ1n) is 27.3. The molecule has 2 saturated heterocycles. The average molecular weight is 947 g/mol. The molecule has 2 fully saturated rings. The fourth-order valence-electron chi connectivity index (χ4n) is 12.3. The van der Waals surface area contributed by atoms with Gasteiger partial charge in [-0.05, 0) is 122 Å². The van der Waals surface area contributed by atoms with Crippen LogP contribution in [-0.2, 0) is 40.3 Å². The highest BCUT2D eigenvalue weighted by Crippen LogP contribution is 2.62. The monoisotopic (exact) mass is 947 g/mol. The second-order valence-corrected chi connectivity index (χ2v) is 24.0.